The molecule has 3 nitrogen and oxygen atoms in total. The highest BCUT2D eigenvalue weighted by atomic mass is 32.2. The molecule has 2 aliphatic heterocycles. The Bertz CT molecular complexity index is 336. The second-order valence-corrected chi connectivity index (χ2v) is 5.76. The van der Waals surface area contributed by atoms with Gasteiger partial charge in [-0.25, -0.2) is 8.42 Å². The van der Waals surface area contributed by atoms with Crippen LogP contribution in [0.5, 0.6) is 0 Å². The maximum absolute atomic E-state index is 12.5. The molecule has 0 amide bonds. The van der Waals surface area contributed by atoms with Crippen molar-refractivity contribution < 1.29 is 21.6 Å². The van der Waals surface area contributed by atoms with E-state index < -0.39 is 32.4 Å². The molecule has 1 N–H and O–H groups in total. The normalized spacial score (nSPS) is 42.5. The van der Waals surface area contributed by atoms with Crippen LogP contribution in [0.25, 0.3) is 0 Å². The minimum atomic E-state index is -4.41. The quantitative estimate of drug-likeness (QED) is 0.615. The van der Waals surface area contributed by atoms with Crippen molar-refractivity contribution in [2.75, 3.05) is 18.8 Å². The molecule has 2 saturated heterocycles. The summed E-state index contributed by atoms with van der Waals surface area (Å²) < 4.78 is 59.5. The Hall–Kier alpha value is -0.300. The largest absolute Gasteiger partial charge is 0.398 e. The monoisotopic (exact) mass is 215 g/mol. The zero-order valence-electron chi connectivity index (χ0n) is 6.56. The van der Waals surface area contributed by atoms with Gasteiger partial charge in [-0.3, -0.25) is 0 Å². The Morgan fingerprint density at radius 3 is 2.38 bits per heavy atom. The molecule has 7 heteroatoms. The number of halogens is 3. The summed E-state index contributed by atoms with van der Waals surface area (Å²) in [4.78, 5) is 0. The minimum Gasteiger partial charge on any atom is -0.314 e. The van der Waals surface area contributed by atoms with E-state index in [1.165, 1.54) is 0 Å². The van der Waals surface area contributed by atoms with E-state index in [0.717, 1.165) is 0 Å². The van der Waals surface area contributed by atoms with Gasteiger partial charge in [-0.1, -0.05) is 0 Å². The van der Waals surface area contributed by atoms with Gasteiger partial charge in [0.25, 0.3) is 0 Å². The van der Waals surface area contributed by atoms with Crippen molar-refractivity contribution in [1.29, 1.82) is 0 Å². The zero-order chi connectivity index (χ0) is 9.91. The second kappa shape index (κ2) is 2.20. The topological polar surface area (TPSA) is 46.2 Å². The van der Waals surface area contributed by atoms with Crippen LogP contribution in [-0.4, -0.2) is 38.7 Å². The van der Waals surface area contributed by atoms with Crippen LogP contribution in [0.2, 0.25) is 0 Å². The van der Waals surface area contributed by atoms with E-state index in [-0.39, 0.29) is 13.1 Å². The first-order chi connectivity index (χ1) is 5.80. The van der Waals surface area contributed by atoms with Gasteiger partial charge in [0.05, 0.1) is 11.0 Å². The van der Waals surface area contributed by atoms with Crippen LogP contribution >= 0.6 is 0 Å². The number of hydrogen-bond acceptors (Lipinski definition) is 3. The van der Waals surface area contributed by atoms with Gasteiger partial charge in [0, 0.05) is 13.1 Å². The van der Waals surface area contributed by atoms with Crippen LogP contribution in [0.15, 0.2) is 0 Å². The van der Waals surface area contributed by atoms with Crippen molar-refractivity contribution in [3.8, 4) is 0 Å². The molecule has 0 aromatic heterocycles. The number of fused-ring (bicyclic) bond motifs is 1. The molecule has 0 aromatic rings. The maximum atomic E-state index is 12.5. The summed E-state index contributed by atoms with van der Waals surface area (Å²) in [5.41, 5.74) is -1.99. The zero-order valence-corrected chi connectivity index (χ0v) is 7.37. The van der Waals surface area contributed by atoms with Crippen LogP contribution in [0.4, 0.5) is 13.2 Å². The van der Waals surface area contributed by atoms with Gasteiger partial charge in [0.15, 0.2) is 9.84 Å². The average molecular weight is 215 g/mol. The highest BCUT2D eigenvalue weighted by Gasteiger charge is 2.73. The van der Waals surface area contributed by atoms with Gasteiger partial charge in [0.1, 0.15) is 5.41 Å². The lowest BCUT2D eigenvalue weighted by atomic mass is 9.87. The van der Waals surface area contributed by atoms with Gasteiger partial charge in [-0.05, 0) is 0 Å². The smallest absolute Gasteiger partial charge is 0.314 e. The number of rotatable bonds is 0. The molecular weight excluding hydrogens is 207 g/mol. The van der Waals surface area contributed by atoms with Crippen molar-refractivity contribution >= 4 is 9.84 Å². The van der Waals surface area contributed by atoms with Gasteiger partial charge >= 0.3 is 6.18 Å². The van der Waals surface area contributed by atoms with E-state index in [2.05, 4.69) is 5.32 Å². The summed E-state index contributed by atoms with van der Waals surface area (Å²) >= 11 is 0. The number of alkyl halides is 3. The van der Waals surface area contributed by atoms with Gasteiger partial charge in [0.2, 0.25) is 0 Å². The maximum Gasteiger partial charge on any atom is 0.398 e. The third-order valence-electron chi connectivity index (χ3n) is 2.84. The van der Waals surface area contributed by atoms with E-state index in [1.54, 1.807) is 0 Å². The van der Waals surface area contributed by atoms with E-state index in [9.17, 15) is 21.6 Å². The molecule has 2 fully saturated rings. The number of hydrogen-bond donors (Lipinski definition) is 1. The predicted molar refractivity (Wildman–Crippen MR) is 38.9 cm³/mol. The van der Waals surface area contributed by atoms with Crippen molar-refractivity contribution in [1.82, 2.24) is 5.32 Å². The van der Waals surface area contributed by atoms with Crippen LogP contribution in [0.3, 0.4) is 0 Å². The van der Waals surface area contributed by atoms with E-state index in [0.29, 0.717) is 0 Å². The molecule has 76 valence electrons. The summed E-state index contributed by atoms with van der Waals surface area (Å²) in [6.45, 7) is -0.331. The fraction of sp³-hybridized carbons (Fsp3) is 1.00. The molecule has 2 unspecified atom stereocenters. The molecule has 0 spiro atoms. The first kappa shape index (κ1) is 9.26. The summed E-state index contributed by atoms with van der Waals surface area (Å²) in [6.07, 6.45) is -4.41. The molecule has 0 bridgehead atoms. The SMILES string of the molecule is O=S1(=O)CC2(C(F)(F)F)CNCC21. The summed E-state index contributed by atoms with van der Waals surface area (Å²) in [6, 6.07) is 0. The Labute approximate surface area is 73.2 Å². The molecule has 2 atom stereocenters. The Kier molecular flexibility index (Phi) is 1.56. The molecule has 2 aliphatic rings. The molecule has 0 aliphatic carbocycles. The lowest BCUT2D eigenvalue weighted by molar-refractivity contribution is -0.213. The molecule has 13 heavy (non-hydrogen) atoms. The van der Waals surface area contributed by atoms with Crippen LogP contribution < -0.4 is 5.32 Å². The highest BCUT2D eigenvalue weighted by Crippen LogP contribution is 2.53. The molecule has 0 radical (unpaired) electrons. The van der Waals surface area contributed by atoms with Gasteiger partial charge in [-0.15, -0.1) is 0 Å². The van der Waals surface area contributed by atoms with Crippen LogP contribution in [0, 0.1) is 5.41 Å². The van der Waals surface area contributed by atoms with Crippen molar-refractivity contribution in [2.45, 2.75) is 11.4 Å². The highest BCUT2D eigenvalue weighted by molar-refractivity contribution is 7.93. The average Bonchev–Trinajstić information content (AvgIpc) is 2.26. The third kappa shape index (κ3) is 0.969. The number of sulfone groups is 1. The first-order valence-electron chi connectivity index (χ1n) is 3.79. The molecule has 0 saturated carbocycles. The minimum absolute atomic E-state index is 0.0676. The summed E-state index contributed by atoms with van der Waals surface area (Å²) in [5, 5.41) is 1.24. The number of nitrogens with one attached hydrogen (secondary N) is 1. The van der Waals surface area contributed by atoms with Gasteiger partial charge in [-0.2, -0.15) is 13.2 Å². The molecule has 0 aromatic carbocycles. The Morgan fingerprint density at radius 2 is 2.00 bits per heavy atom. The molecule has 2 rings (SSSR count). The predicted octanol–water partition coefficient (Wildman–Crippen LogP) is -0.0647. The second-order valence-electron chi connectivity index (χ2n) is 3.58. The van der Waals surface area contributed by atoms with Crippen LogP contribution in [0.1, 0.15) is 0 Å². The standard InChI is InChI=1S/C6H8F3NO2S/c7-6(8,9)5-2-10-1-4(5)13(11,12)3-5/h4,10H,1-3H2. The van der Waals surface area contributed by atoms with Crippen molar-refractivity contribution in [3.63, 3.8) is 0 Å². The van der Waals surface area contributed by atoms with E-state index >= 15 is 0 Å². The lowest BCUT2D eigenvalue weighted by Gasteiger charge is -2.43. The molecule has 2 heterocycles. The van der Waals surface area contributed by atoms with Crippen molar-refractivity contribution in [2.24, 2.45) is 5.41 Å². The Balaban J connectivity index is 2.38. The van der Waals surface area contributed by atoms with Crippen molar-refractivity contribution in [3.05, 3.63) is 0 Å². The first-order valence-corrected chi connectivity index (χ1v) is 5.50. The fourth-order valence-electron chi connectivity index (χ4n) is 2.07. The third-order valence-corrected chi connectivity index (χ3v) is 5.25. The summed E-state index contributed by atoms with van der Waals surface area (Å²) in [5.74, 6) is -0.749. The Morgan fingerprint density at radius 1 is 1.38 bits per heavy atom. The fourth-order valence-corrected chi connectivity index (χ4v) is 4.52. The summed E-state index contributed by atoms with van der Waals surface area (Å²) in [7, 11) is -3.48. The van der Waals surface area contributed by atoms with E-state index in [1.807, 2.05) is 0 Å². The lowest BCUT2D eigenvalue weighted by Crippen LogP contribution is -2.64. The van der Waals surface area contributed by atoms with E-state index in [4.69, 9.17) is 0 Å². The van der Waals surface area contributed by atoms with Gasteiger partial charge < -0.3 is 5.32 Å². The van der Waals surface area contributed by atoms with Crippen LogP contribution in [-0.2, 0) is 9.84 Å². The molecular formula is C6H8F3NO2S.